The van der Waals surface area contributed by atoms with Crippen molar-refractivity contribution in [3.05, 3.63) is 24.0 Å². The number of nitrogens with two attached hydrogens (primary N) is 1. The van der Waals surface area contributed by atoms with Crippen LogP contribution in [0.2, 0.25) is 0 Å². The van der Waals surface area contributed by atoms with E-state index in [1.54, 1.807) is 12.3 Å². The fourth-order valence-corrected chi connectivity index (χ4v) is 1.77. The summed E-state index contributed by atoms with van der Waals surface area (Å²) in [5.74, 6) is 5.12. The summed E-state index contributed by atoms with van der Waals surface area (Å²) in [4.78, 5) is 27.2. The van der Waals surface area contributed by atoms with Gasteiger partial charge in [0, 0.05) is 31.4 Å². The Morgan fingerprint density at radius 1 is 1.40 bits per heavy atom. The van der Waals surface area contributed by atoms with Gasteiger partial charge in [-0.2, -0.15) is 0 Å². The topological polar surface area (TPSA) is 109 Å². The second kappa shape index (κ2) is 6.85. The van der Waals surface area contributed by atoms with Crippen molar-refractivity contribution in [2.75, 3.05) is 12.0 Å². The number of hydrazine groups is 1. The molecule has 1 aromatic rings. The second-order valence-electron chi connectivity index (χ2n) is 4.77. The molecule has 0 saturated heterocycles. The van der Waals surface area contributed by atoms with Crippen LogP contribution in [-0.4, -0.2) is 29.4 Å². The number of carbonyl (C=O) groups excluding carboxylic acids is 2. The number of nitrogen functional groups attached to an aromatic ring is 1. The first-order chi connectivity index (χ1) is 9.70. The van der Waals surface area contributed by atoms with E-state index in [0.717, 1.165) is 12.8 Å². The largest absolute Gasteiger partial charge is 0.353 e. The van der Waals surface area contributed by atoms with Crippen LogP contribution in [-0.2, 0) is 4.79 Å². The van der Waals surface area contributed by atoms with E-state index in [0.29, 0.717) is 36.7 Å². The number of nitrogens with one attached hydrogen (secondary N) is 3. The molecule has 1 aromatic heterocycles. The lowest BCUT2D eigenvalue weighted by molar-refractivity contribution is -0.121. The van der Waals surface area contributed by atoms with Crippen LogP contribution in [0.15, 0.2) is 18.5 Å². The van der Waals surface area contributed by atoms with Gasteiger partial charge >= 0.3 is 0 Å². The van der Waals surface area contributed by atoms with Crippen LogP contribution in [0.3, 0.4) is 0 Å². The van der Waals surface area contributed by atoms with Gasteiger partial charge in [-0.15, -0.1) is 0 Å². The normalized spacial score (nSPS) is 13.7. The highest BCUT2D eigenvalue weighted by Gasteiger charge is 2.22. The number of nitrogens with zero attached hydrogens (tertiary/aromatic N) is 1. The average Bonchev–Trinajstić information content (AvgIpc) is 3.27. The van der Waals surface area contributed by atoms with Gasteiger partial charge in [-0.05, 0) is 25.3 Å². The molecule has 2 amide bonds. The van der Waals surface area contributed by atoms with Crippen LogP contribution in [0, 0.1) is 0 Å². The van der Waals surface area contributed by atoms with Crippen molar-refractivity contribution in [1.82, 2.24) is 15.6 Å². The number of carbonyl (C=O) groups is 2. The molecule has 0 unspecified atom stereocenters. The zero-order chi connectivity index (χ0) is 14.4. The molecule has 0 radical (unpaired) electrons. The monoisotopic (exact) mass is 277 g/mol. The minimum absolute atomic E-state index is 0.0486. The first kappa shape index (κ1) is 14.3. The Hall–Kier alpha value is -2.15. The van der Waals surface area contributed by atoms with E-state index in [1.807, 2.05) is 0 Å². The van der Waals surface area contributed by atoms with Crippen molar-refractivity contribution >= 4 is 17.5 Å². The number of pyridine rings is 1. The molecule has 7 heteroatoms. The Kier molecular flexibility index (Phi) is 4.89. The molecule has 1 heterocycles. The van der Waals surface area contributed by atoms with Crippen LogP contribution in [0.1, 0.15) is 36.0 Å². The summed E-state index contributed by atoms with van der Waals surface area (Å²) in [6, 6.07) is 2.00. The van der Waals surface area contributed by atoms with Gasteiger partial charge in [-0.25, -0.2) is 0 Å². The third kappa shape index (κ3) is 4.20. The molecule has 0 bridgehead atoms. The molecule has 5 N–H and O–H groups in total. The highest BCUT2D eigenvalue weighted by Crippen LogP contribution is 2.18. The molecule has 0 spiro atoms. The zero-order valence-corrected chi connectivity index (χ0v) is 11.2. The SMILES string of the molecule is NNc1ccncc1C(=O)NCCCC(=O)NC1CC1. The van der Waals surface area contributed by atoms with E-state index in [1.165, 1.54) is 6.20 Å². The first-order valence-corrected chi connectivity index (χ1v) is 6.69. The van der Waals surface area contributed by atoms with E-state index in [4.69, 9.17) is 5.84 Å². The summed E-state index contributed by atoms with van der Waals surface area (Å²) in [6.45, 7) is 0.440. The van der Waals surface area contributed by atoms with Gasteiger partial charge < -0.3 is 16.1 Å². The number of hydrogen-bond acceptors (Lipinski definition) is 5. The molecule has 0 aromatic carbocycles. The van der Waals surface area contributed by atoms with E-state index >= 15 is 0 Å². The molecule has 0 atom stereocenters. The standard InChI is InChI=1S/C13H19N5O2/c14-18-11-5-7-15-8-10(11)13(20)16-6-1-2-12(19)17-9-3-4-9/h5,7-9H,1-4,6,14H2,(H,15,18)(H,16,20)(H,17,19). The fourth-order valence-electron chi connectivity index (χ4n) is 1.77. The van der Waals surface area contributed by atoms with E-state index in [2.05, 4.69) is 21.0 Å². The molecular formula is C13H19N5O2. The number of rotatable bonds is 7. The van der Waals surface area contributed by atoms with E-state index in [9.17, 15) is 9.59 Å². The van der Waals surface area contributed by atoms with Gasteiger partial charge in [-0.1, -0.05) is 0 Å². The predicted molar refractivity (Wildman–Crippen MR) is 74.8 cm³/mol. The Morgan fingerprint density at radius 3 is 2.90 bits per heavy atom. The molecule has 1 fully saturated rings. The molecule has 1 aliphatic rings. The van der Waals surface area contributed by atoms with Gasteiger partial charge in [0.1, 0.15) is 0 Å². The lowest BCUT2D eigenvalue weighted by Gasteiger charge is -2.09. The summed E-state index contributed by atoms with van der Waals surface area (Å²) in [6.07, 6.45) is 6.19. The minimum Gasteiger partial charge on any atom is -0.353 e. The van der Waals surface area contributed by atoms with Crippen LogP contribution in [0.25, 0.3) is 0 Å². The van der Waals surface area contributed by atoms with Crippen LogP contribution in [0.5, 0.6) is 0 Å². The maximum Gasteiger partial charge on any atom is 0.255 e. The van der Waals surface area contributed by atoms with E-state index < -0.39 is 0 Å². The fraction of sp³-hybridized carbons (Fsp3) is 0.462. The van der Waals surface area contributed by atoms with Crippen molar-refractivity contribution in [2.45, 2.75) is 31.7 Å². The van der Waals surface area contributed by atoms with Gasteiger partial charge in [-0.3, -0.25) is 20.4 Å². The molecule has 1 saturated carbocycles. The number of anilines is 1. The number of hydrogen-bond donors (Lipinski definition) is 4. The maximum absolute atomic E-state index is 11.9. The summed E-state index contributed by atoms with van der Waals surface area (Å²) >= 11 is 0. The Balaban J connectivity index is 1.70. The molecule has 7 nitrogen and oxygen atoms in total. The van der Waals surface area contributed by atoms with Gasteiger partial charge in [0.25, 0.3) is 5.91 Å². The quantitative estimate of drug-likeness (QED) is 0.322. The second-order valence-corrected chi connectivity index (χ2v) is 4.77. The Bertz CT molecular complexity index is 487. The molecule has 0 aliphatic heterocycles. The highest BCUT2D eigenvalue weighted by molar-refractivity contribution is 5.99. The van der Waals surface area contributed by atoms with E-state index in [-0.39, 0.29) is 11.8 Å². The number of aromatic nitrogens is 1. The van der Waals surface area contributed by atoms with Gasteiger partial charge in [0.05, 0.1) is 11.3 Å². The lowest BCUT2D eigenvalue weighted by atomic mass is 10.2. The lowest BCUT2D eigenvalue weighted by Crippen LogP contribution is -2.29. The molecule has 20 heavy (non-hydrogen) atoms. The summed E-state index contributed by atoms with van der Waals surface area (Å²) in [5.41, 5.74) is 3.35. The highest BCUT2D eigenvalue weighted by atomic mass is 16.2. The van der Waals surface area contributed by atoms with Crippen molar-refractivity contribution in [3.63, 3.8) is 0 Å². The van der Waals surface area contributed by atoms with Gasteiger partial charge in [0.2, 0.25) is 5.91 Å². The van der Waals surface area contributed by atoms with Crippen molar-refractivity contribution in [1.29, 1.82) is 0 Å². The average molecular weight is 277 g/mol. The van der Waals surface area contributed by atoms with Crippen molar-refractivity contribution in [2.24, 2.45) is 5.84 Å². The first-order valence-electron chi connectivity index (χ1n) is 6.69. The van der Waals surface area contributed by atoms with Crippen molar-refractivity contribution < 1.29 is 9.59 Å². The summed E-state index contributed by atoms with van der Waals surface area (Å²) in [5, 5.41) is 5.65. The molecular weight excluding hydrogens is 258 g/mol. The third-order valence-corrected chi connectivity index (χ3v) is 3.03. The van der Waals surface area contributed by atoms with Crippen molar-refractivity contribution in [3.8, 4) is 0 Å². The summed E-state index contributed by atoms with van der Waals surface area (Å²) < 4.78 is 0. The predicted octanol–water partition coefficient (Wildman–Crippen LogP) is 0.156. The molecule has 108 valence electrons. The van der Waals surface area contributed by atoms with Crippen LogP contribution < -0.4 is 21.9 Å². The molecule has 2 rings (SSSR count). The number of amides is 2. The maximum atomic E-state index is 11.9. The van der Waals surface area contributed by atoms with Crippen LogP contribution >= 0.6 is 0 Å². The Labute approximate surface area is 117 Å². The van der Waals surface area contributed by atoms with Crippen LogP contribution in [0.4, 0.5) is 5.69 Å². The minimum atomic E-state index is -0.256. The Morgan fingerprint density at radius 2 is 2.20 bits per heavy atom. The smallest absolute Gasteiger partial charge is 0.255 e. The molecule has 1 aliphatic carbocycles. The zero-order valence-electron chi connectivity index (χ0n) is 11.2. The summed E-state index contributed by atoms with van der Waals surface area (Å²) in [7, 11) is 0. The third-order valence-electron chi connectivity index (χ3n) is 3.03. The van der Waals surface area contributed by atoms with Gasteiger partial charge in [0.15, 0.2) is 0 Å².